The number of carbonyl (C=O) groups is 1. The Morgan fingerprint density at radius 2 is 2.00 bits per heavy atom. The smallest absolute Gasteiger partial charge is 0.234 e. The van der Waals surface area contributed by atoms with Crippen molar-refractivity contribution in [2.75, 3.05) is 5.32 Å². The molecule has 1 fully saturated rings. The minimum Gasteiger partial charge on any atom is -0.325 e. The maximum Gasteiger partial charge on any atom is 0.234 e. The molecule has 0 spiro atoms. The molecule has 19 heavy (non-hydrogen) atoms. The van der Waals surface area contributed by atoms with E-state index in [0.29, 0.717) is 5.92 Å². The van der Waals surface area contributed by atoms with E-state index in [9.17, 15) is 4.79 Å². The van der Waals surface area contributed by atoms with Crippen LogP contribution < -0.4 is 11.1 Å². The molecule has 3 nitrogen and oxygen atoms in total. The second kappa shape index (κ2) is 4.34. The van der Waals surface area contributed by atoms with E-state index in [2.05, 4.69) is 17.4 Å². The first-order valence-corrected chi connectivity index (χ1v) is 7.21. The molecule has 0 radical (unpaired) electrons. The summed E-state index contributed by atoms with van der Waals surface area (Å²) in [5.74, 6) is 0.681. The second-order valence-corrected chi connectivity index (χ2v) is 6.45. The first kappa shape index (κ1) is 12.7. The summed E-state index contributed by atoms with van der Waals surface area (Å²) in [6.07, 6.45) is 5.07. The van der Waals surface area contributed by atoms with Crippen molar-refractivity contribution in [1.82, 2.24) is 0 Å². The molecular formula is C16H22N2O. The lowest BCUT2D eigenvalue weighted by Gasteiger charge is -2.22. The average Bonchev–Trinajstić information content (AvgIpc) is 2.98. The lowest BCUT2D eigenvalue weighted by atomic mass is 9.83. The minimum absolute atomic E-state index is 0.0779. The van der Waals surface area contributed by atoms with Gasteiger partial charge in [-0.2, -0.15) is 0 Å². The van der Waals surface area contributed by atoms with Crippen LogP contribution in [0.5, 0.6) is 0 Å². The van der Waals surface area contributed by atoms with Crippen LogP contribution in [0.2, 0.25) is 0 Å². The van der Waals surface area contributed by atoms with Gasteiger partial charge in [-0.05, 0) is 49.8 Å². The standard InChI is InChI=1S/C16H22N2O/c1-16(2)12-9-11(7-8-13(12)18-15(16)19)14(17)10-5-3-4-6-10/h7-10,14H,3-6,17H2,1-2H3,(H,18,19). The van der Waals surface area contributed by atoms with Crippen molar-refractivity contribution in [3.8, 4) is 0 Å². The van der Waals surface area contributed by atoms with Gasteiger partial charge >= 0.3 is 0 Å². The van der Waals surface area contributed by atoms with Crippen molar-refractivity contribution in [1.29, 1.82) is 0 Å². The molecule has 1 aromatic rings. The molecule has 1 aliphatic carbocycles. The predicted molar refractivity (Wildman–Crippen MR) is 77.0 cm³/mol. The molecule has 1 aromatic carbocycles. The van der Waals surface area contributed by atoms with Crippen molar-refractivity contribution in [3.63, 3.8) is 0 Å². The van der Waals surface area contributed by atoms with Gasteiger partial charge in [-0.15, -0.1) is 0 Å². The molecule has 0 saturated heterocycles. The summed E-state index contributed by atoms with van der Waals surface area (Å²) < 4.78 is 0. The summed E-state index contributed by atoms with van der Waals surface area (Å²) in [5, 5.41) is 2.94. The quantitative estimate of drug-likeness (QED) is 0.856. The normalized spacial score (nSPS) is 23.2. The highest BCUT2D eigenvalue weighted by Crippen LogP contribution is 2.40. The maximum atomic E-state index is 11.9. The van der Waals surface area contributed by atoms with E-state index >= 15 is 0 Å². The Morgan fingerprint density at radius 1 is 1.32 bits per heavy atom. The van der Waals surface area contributed by atoms with Crippen LogP contribution in [0.15, 0.2) is 18.2 Å². The number of anilines is 1. The summed E-state index contributed by atoms with van der Waals surface area (Å²) in [5.41, 5.74) is 9.17. The molecule has 3 N–H and O–H groups in total. The van der Waals surface area contributed by atoms with E-state index in [4.69, 9.17) is 5.73 Å². The fraction of sp³-hybridized carbons (Fsp3) is 0.562. The molecular weight excluding hydrogens is 236 g/mol. The molecule has 1 atom stereocenters. The van der Waals surface area contributed by atoms with Crippen LogP contribution in [0.4, 0.5) is 5.69 Å². The van der Waals surface area contributed by atoms with Gasteiger partial charge in [-0.1, -0.05) is 25.0 Å². The molecule has 1 aliphatic heterocycles. The zero-order valence-electron chi connectivity index (χ0n) is 11.7. The fourth-order valence-electron chi connectivity index (χ4n) is 3.38. The zero-order chi connectivity index (χ0) is 13.6. The van der Waals surface area contributed by atoms with Crippen molar-refractivity contribution in [2.45, 2.75) is 51.0 Å². The van der Waals surface area contributed by atoms with Crippen LogP contribution >= 0.6 is 0 Å². The molecule has 0 bridgehead atoms. The molecule has 1 unspecified atom stereocenters. The number of nitrogens with two attached hydrogens (primary N) is 1. The number of nitrogens with one attached hydrogen (secondary N) is 1. The molecule has 1 saturated carbocycles. The van der Waals surface area contributed by atoms with Gasteiger partial charge in [0.25, 0.3) is 0 Å². The number of carbonyl (C=O) groups excluding carboxylic acids is 1. The number of hydrogen-bond donors (Lipinski definition) is 2. The minimum atomic E-state index is -0.444. The summed E-state index contributed by atoms with van der Waals surface area (Å²) in [6.45, 7) is 3.94. The maximum absolute atomic E-state index is 11.9. The molecule has 3 heteroatoms. The molecule has 3 rings (SSSR count). The lowest BCUT2D eigenvalue weighted by molar-refractivity contribution is -0.119. The van der Waals surface area contributed by atoms with Gasteiger partial charge in [-0.25, -0.2) is 0 Å². The summed E-state index contributed by atoms with van der Waals surface area (Å²) in [7, 11) is 0. The first-order chi connectivity index (χ1) is 9.00. The van der Waals surface area contributed by atoms with E-state index < -0.39 is 5.41 Å². The van der Waals surface area contributed by atoms with Crippen LogP contribution in [-0.2, 0) is 10.2 Å². The Morgan fingerprint density at radius 3 is 2.68 bits per heavy atom. The van der Waals surface area contributed by atoms with Gasteiger partial charge in [0.15, 0.2) is 0 Å². The van der Waals surface area contributed by atoms with E-state index in [1.807, 2.05) is 19.9 Å². The van der Waals surface area contributed by atoms with Crippen LogP contribution in [-0.4, -0.2) is 5.91 Å². The molecule has 102 valence electrons. The number of benzene rings is 1. The Bertz CT molecular complexity index is 515. The SMILES string of the molecule is CC1(C)C(=O)Nc2ccc(C(N)C3CCCC3)cc21. The van der Waals surface area contributed by atoms with Crippen LogP contribution in [0.3, 0.4) is 0 Å². The molecule has 1 amide bonds. The van der Waals surface area contributed by atoms with Gasteiger partial charge in [0.05, 0.1) is 5.41 Å². The van der Waals surface area contributed by atoms with E-state index in [1.165, 1.54) is 31.2 Å². The van der Waals surface area contributed by atoms with Crippen LogP contribution in [0.1, 0.15) is 56.7 Å². The van der Waals surface area contributed by atoms with Gasteiger partial charge < -0.3 is 11.1 Å². The average molecular weight is 258 g/mol. The Hall–Kier alpha value is -1.35. The highest BCUT2D eigenvalue weighted by molar-refractivity contribution is 6.05. The molecule has 0 aromatic heterocycles. The number of amides is 1. The van der Waals surface area contributed by atoms with E-state index in [1.54, 1.807) is 0 Å². The van der Waals surface area contributed by atoms with Crippen molar-refractivity contribution in [2.24, 2.45) is 11.7 Å². The van der Waals surface area contributed by atoms with Crippen molar-refractivity contribution < 1.29 is 4.79 Å². The van der Waals surface area contributed by atoms with Crippen LogP contribution in [0, 0.1) is 5.92 Å². The molecule has 2 aliphatic rings. The summed E-state index contributed by atoms with van der Waals surface area (Å²) in [4.78, 5) is 11.9. The van der Waals surface area contributed by atoms with Gasteiger partial charge in [0.1, 0.15) is 0 Å². The van der Waals surface area contributed by atoms with E-state index in [-0.39, 0.29) is 11.9 Å². The van der Waals surface area contributed by atoms with Crippen LogP contribution in [0.25, 0.3) is 0 Å². The number of hydrogen-bond acceptors (Lipinski definition) is 2. The van der Waals surface area contributed by atoms with Gasteiger partial charge in [0, 0.05) is 11.7 Å². The van der Waals surface area contributed by atoms with Crippen molar-refractivity contribution in [3.05, 3.63) is 29.3 Å². The van der Waals surface area contributed by atoms with Gasteiger partial charge in [-0.3, -0.25) is 4.79 Å². The fourth-order valence-corrected chi connectivity index (χ4v) is 3.38. The third-order valence-corrected chi connectivity index (χ3v) is 4.83. The first-order valence-electron chi connectivity index (χ1n) is 7.21. The Kier molecular flexibility index (Phi) is 2.90. The predicted octanol–water partition coefficient (Wildman–Crippen LogP) is 3.11. The monoisotopic (exact) mass is 258 g/mol. The second-order valence-electron chi connectivity index (χ2n) is 6.45. The summed E-state index contributed by atoms with van der Waals surface area (Å²) >= 11 is 0. The van der Waals surface area contributed by atoms with E-state index in [0.717, 1.165) is 11.3 Å². The third kappa shape index (κ3) is 1.96. The summed E-state index contributed by atoms with van der Waals surface area (Å²) in [6, 6.07) is 6.32. The van der Waals surface area contributed by atoms with Gasteiger partial charge in [0.2, 0.25) is 5.91 Å². The lowest BCUT2D eigenvalue weighted by Crippen LogP contribution is -2.27. The molecule has 1 heterocycles. The highest BCUT2D eigenvalue weighted by atomic mass is 16.2. The highest BCUT2D eigenvalue weighted by Gasteiger charge is 2.38. The topological polar surface area (TPSA) is 55.1 Å². The number of rotatable bonds is 2. The third-order valence-electron chi connectivity index (χ3n) is 4.83. The Balaban J connectivity index is 1.94. The van der Waals surface area contributed by atoms with Crippen molar-refractivity contribution >= 4 is 11.6 Å². The Labute approximate surface area is 114 Å². The largest absolute Gasteiger partial charge is 0.325 e. The zero-order valence-corrected chi connectivity index (χ0v) is 11.7. The number of fused-ring (bicyclic) bond motifs is 1.